The van der Waals surface area contributed by atoms with Crippen LogP contribution in [0, 0.1) is 6.92 Å². The van der Waals surface area contributed by atoms with E-state index in [9.17, 15) is 4.79 Å². The summed E-state index contributed by atoms with van der Waals surface area (Å²) in [7, 11) is 0. The summed E-state index contributed by atoms with van der Waals surface area (Å²) in [5.74, 6) is -0.324. The smallest absolute Gasteiger partial charge is 0.252 e. The van der Waals surface area contributed by atoms with Gasteiger partial charge in [0.2, 0.25) is 3.79 Å². The maximum atomic E-state index is 12.2. The van der Waals surface area contributed by atoms with Gasteiger partial charge in [-0.25, -0.2) is 9.97 Å². The van der Waals surface area contributed by atoms with Gasteiger partial charge in [-0.15, -0.1) is 0 Å². The van der Waals surface area contributed by atoms with E-state index in [0.717, 1.165) is 17.5 Å². The molecular weight excluding hydrogens is 365 g/mol. The van der Waals surface area contributed by atoms with Crippen molar-refractivity contribution in [3.8, 4) is 0 Å². The summed E-state index contributed by atoms with van der Waals surface area (Å²) in [6, 6.07) is 10.5. The van der Waals surface area contributed by atoms with Crippen molar-refractivity contribution in [1.29, 1.82) is 0 Å². The number of aromatic nitrogens is 2. The molecule has 0 fully saturated rings. The number of rotatable bonds is 4. The largest absolute Gasteiger partial charge is 0.336 e. The first-order valence-electron chi connectivity index (χ1n) is 6.24. The van der Waals surface area contributed by atoms with Gasteiger partial charge >= 0.3 is 0 Å². The van der Waals surface area contributed by atoms with E-state index in [1.807, 2.05) is 13.0 Å². The predicted molar refractivity (Wildman–Crippen MR) is 90.6 cm³/mol. The molecule has 1 heterocycles. The molecule has 0 saturated heterocycles. The Balaban J connectivity index is 2.15. The molecule has 4 nitrogen and oxygen atoms in total. The number of hydrogen-bond donors (Lipinski definition) is 1. The fraction of sp³-hybridized carbons (Fsp3) is 0.214. The summed E-state index contributed by atoms with van der Waals surface area (Å²) in [5, 5.41) is 2.53. The Morgan fingerprint density at radius 2 is 1.91 bits per heavy atom. The number of amides is 1. The molecule has 2 aromatic rings. The second kappa shape index (κ2) is 7.51. The first-order chi connectivity index (χ1) is 10.4. The standard InChI is InChI=1S/C14H12Cl3N3OS/c1-9-7-11(19-8-18-9)22-13(14(15,16)17)20-12(21)10-5-3-2-4-6-10/h2-8,13H,1H3,(H,20,21). The monoisotopic (exact) mass is 375 g/mol. The van der Waals surface area contributed by atoms with Crippen LogP contribution >= 0.6 is 46.6 Å². The molecule has 0 radical (unpaired) electrons. The lowest BCUT2D eigenvalue weighted by Gasteiger charge is -2.24. The zero-order valence-corrected chi connectivity index (χ0v) is 14.5. The number of thioether (sulfide) groups is 1. The number of carbonyl (C=O) groups is 1. The molecule has 0 spiro atoms. The quantitative estimate of drug-likeness (QED) is 0.379. The van der Waals surface area contributed by atoms with Crippen LogP contribution in [0.15, 0.2) is 47.8 Å². The van der Waals surface area contributed by atoms with E-state index in [1.54, 1.807) is 30.3 Å². The summed E-state index contributed by atoms with van der Waals surface area (Å²) in [4.78, 5) is 20.3. The van der Waals surface area contributed by atoms with Crippen LogP contribution in [0.25, 0.3) is 0 Å². The van der Waals surface area contributed by atoms with Crippen LogP contribution in [0.3, 0.4) is 0 Å². The first-order valence-corrected chi connectivity index (χ1v) is 8.25. The van der Waals surface area contributed by atoms with Gasteiger partial charge in [0.15, 0.2) is 0 Å². The second-order valence-electron chi connectivity index (χ2n) is 4.38. The predicted octanol–water partition coefficient (Wildman–Crippen LogP) is 4.00. The number of alkyl halides is 3. The molecule has 0 aliphatic heterocycles. The van der Waals surface area contributed by atoms with Crippen molar-refractivity contribution in [2.24, 2.45) is 0 Å². The fourth-order valence-corrected chi connectivity index (χ4v) is 3.04. The normalized spacial score (nSPS) is 12.7. The molecule has 1 N–H and O–H groups in total. The van der Waals surface area contributed by atoms with Crippen molar-refractivity contribution in [3.05, 3.63) is 54.0 Å². The van der Waals surface area contributed by atoms with E-state index in [4.69, 9.17) is 34.8 Å². The van der Waals surface area contributed by atoms with Crippen molar-refractivity contribution in [3.63, 3.8) is 0 Å². The zero-order valence-electron chi connectivity index (χ0n) is 11.5. The lowest BCUT2D eigenvalue weighted by atomic mass is 10.2. The molecule has 22 heavy (non-hydrogen) atoms. The molecule has 1 atom stereocenters. The van der Waals surface area contributed by atoms with Crippen molar-refractivity contribution in [1.82, 2.24) is 15.3 Å². The maximum absolute atomic E-state index is 12.2. The van der Waals surface area contributed by atoms with E-state index in [1.165, 1.54) is 6.33 Å². The van der Waals surface area contributed by atoms with Crippen LogP contribution in [0.2, 0.25) is 0 Å². The minimum Gasteiger partial charge on any atom is -0.336 e. The SMILES string of the molecule is Cc1cc(SC(NC(=O)c2ccccc2)C(Cl)(Cl)Cl)ncn1. The molecule has 116 valence electrons. The lowest BCUT2D eigenvalue weighted by molar-refractivity contribution is 0.0950. The highest BCUT2D eigenvalue weighted by Crippen LogP contribution is 2.38. The van der Waals surface area contributed by atoms with Gasteiger partial charge in [-0.1, -0.05) is 64.8 Å². The Bertz CT molecular complexity index is 649. The number of nitrogens with one attached hydrogen (secondary N) is 1. The fourth-order valence-electron chi connectivity index (χ4n) is 1.59. The number of hydrogen-bond acceptors (Lipinski definition) is 4. The Kier molecular flexibility index (Phi) is 5.92. The number of nitrogens with zero attached hydrogens (tertiary/aromatic N) is 2. The number of halogens is 3. The highest BCUT2D eigenvalue weighted by atomic mass is 35.6. The molecule has 0 aliphatic carbocycles. The third kappa shape index (κ3) is 5.02. The van der Waals surface area contributed by atoms with Gasteiger partial charge in [0.05, 0.1) is 0 Å². The molecule has 0 bridgehead atoms. The summed E-state index contributed by atoms with van der Waals surface area (Å²) < 4.78 is -1.69. The van der Waals surface area contributed by atoms with Crippen LogP contribution in [0.1, 0.15) is 16.1 Å². The molecule has 1 aromatic carbocycles. The Labute approximate surface area is 147 Å². The average molecular weight is 377 g/mol. The highest BCUT2D eigenvalue weighted by molar-refractivity contribution is 8.00. The third-order valence-corrected chi connectivity index (χ3v) is 4.83. The summed E-state index contributed by atoms with van der Waals surface area (Å²) in [6.45, 7) is 1.83. The molecule has 0 aliphatic rings. The van der Waals surface area contributed by atoms with Crippen molar-refractivity contribution >= 4 is 52.5 Å². The molecule has 0 saturated carbocycles. The molecular formula is C14H12Cl3N3OS. The number of carbonyl (C=O) groups excluding carboxylic acids is 1. The van der Waals surface area contributed by atoms with E-state index in [-0.39, 0.29) is 5.91 Å². The Hall–Kier alpha value is -1.01. The lowest BCUT2D eigenvalue weighted by Crippen LogP contribution is -2.41. The maximum Gasteiger partial charge on any atom is 0.252 e. The van der Waals surface area contributed by atoms with Gasteiger partial charge in [-0.3, -0.25) is 4.79 Å². The van der Waals surface area contributed by atoms with Crippen LogP contribution in [-0.4, -0.2) is 25.0 Å². The van der Waals surface area contributed by atoms with Crippen molar-refractivity contribution in [2.45, 2.75) is 21.1 Å². The molecule has 1 unspecified atom stereocenters. The van der Waals surface area contributed by atoms with Crippen LogP contribution < -0.4 is 5.32 Å². The summed E-state index contributed by atoms with van der Waals surface area (Å²) in [5.41, 5.74) is 1.27. The third-order valence-electron chi connectivity index (χ3n) is 2.61. The average Bonchev–Trinajstić information content (AvgIpc) is 2.46. The van der Waals surface area contributed by atoms with E-state index in [2.05, 4.69) is 15.3 Å². The minimum atomic E-state index is -1.69. The summed E-state index contributed by atoms with van der Waals surface area (Å²) >= 11 is 19.1. The van der Waals surface area contributed by atoms with Crippen molar-refractivity contribution < 1.29 is 4.79 Å². The Morgan fingerprint density at radius 1 is 1.23 bits per heavy atom. The van der Waals surface area contributed by atoms with Gasteiger partial charge in [-0.05, 0) is 25.1 Å². The Morgan fingerprint density at radius 3 is 2.50 bits per heavy atom. The van der Waals surface area contributed by atoms with Crippen LogP contribution in [0.5, 0.6) is 0 Å². The van der Waals surface area contributed by atoms with Crippen LogP contribution in [0.4, 0.5) is 0 Å². The van der Waals surface area contributed by atoms with Gasteiger partial charge < -0.3 is 5.32 Å². The van der Waals surface area contributed by atoms with Gasteiger partial charge in [-0.2, -0.15) is 0 Å². The topological polar surface area (TPSA) is 54.9 Å². The van der Waals surface area contributed by atoms with E-state index in [0.29, 0.717) is 10.6 Å². The van der Waals surface area contributed by atoms with Gasteiger partial charge in [0.25, 0.3) is 5.91 Å². The van der Waals surface area contributed by atoms with E-state index < -0.39 is 9.17 Å². The minimum absolute atomic E-state index is 0.324. The van der Waals surface area contributed by atoms with Crippen LogP contribution in [-0.2, 0) is 0 Å². The molecule has 1 amide bonds. The first kappa shape index (κ1) is 17.3. The van der Waals surface area contributed by atoms with Gasteiger partial charge in [0, 0.05) is 11.3 Å². The highest BCUT2D eigenvalue weighted by Gasteiger charge is 2.35. The zero-order chi connectivity index (χ0) is 16.2. The molecule has 1 aromatic heterocycles. The van der Waals surface area contributed by atoms with E-state index >= 15 is 0 Å². The van der Waals surface area contributed by atoms with Crippen molar-refractivity contribution in [2.75, 3.05) is 0 Å². The number of benzene rings is 1. The molecule has 8 heteroatoms. The second-order valence-corrected chi connectivity index (χ2v) is 7.87. The molecule has 2 rings (SSSR count). The number of aryl methyl sites for hydroxylation is 1. The van der Waals surface area contributed by atoms with Gasteiger partial charge in [0.1, 0.15) is 16.7 Å². The summed E-state index contributed by atoms with van der Waals surface area (Å²) in [6.07, 6.45) is 1.42.